The molecule has 0 saturated carbocycles. The van der Waals surface area contributed by atoms with Crippen LogP contribution < -0.4 is 10.0 Å². The molecular weight excluding hydrogens is 348 g/mol. The van der Waals surface area contributed by atoms with Crippen LogP contribution in [0.2, 0.25) is 0 Å². The summed E-state index contributed by atoms with van der Waals surface area (Å²) in [6.45, 7) is 2.10. The normalized spacial score (nSPS) is 11.5. The topological polar surface area (TPSA) is 63.4 Å². The Kier molecular flexibility index (Phi) is 4.17. The van der Waals surface area contributed by atoms with Crippen LogP contribution in [0.15, 0.2) is 44.4 Å². The fourth-order valence-corrected chi connectivity index (χ4v) is 5.66. The first-order chi connectivity index (χ1) is 8.98. The van der Waals surface area contributed by atoms with Crippen molar-refractivity contribution in [2.45, 2.75) is 11.1 Å². The average Bonchev–Trinajstić information content (AvgIpc) is 2.79. The van der Waals surface area contributed by atoms with Crippen molar-refractivity contribution in [2.75, 3.05) is 16.6 Å². The monoisotopic (exact) mass is 360 g/mol. The molecule has 0 aliphatic carbocycles. The van der Waals surface area contributed by atoms with Gasteiger partial charge in [0.05, 0.1) is 11.4 Å². The third-order valence-electron chi connectivity index (χ3n) is 2.60. The van der Waals surface area contributed by atoms with Crippen molar-refractivity contribution in [3.63, 3.8) is 0 Å². The summed E-state index contributed by atoms with van der Waals surface area (Å²) in [5, 5.41) is 1.74. The number of benzene rings is 1. The summed E-state index contributed by atoms with van der Waals surface area (Å²) in [6, 6.07) is 8.67. The summed E-state index contributed by atoms with van der Waals surface area (Å²) in [7, 11) is -3.59. The van der Waals surface area contributed by atoms with E-state index in [0.29, 0.717) is 22.4 Å². The lowest BCUT2D eigenvalue weighted by Gasteiger charge is -2.23. The predicted octanol–water partition coefficient (Wildman–Crippen LogP) is 3.31. The number of para-hydroxylation sites is 2. The Hall–Kier alpha value is -1.05. The number of nitrogens with two attached hydrogens (primary N) is 1. The summed E-state index contributed by atoms with van der Waals surface area (Å²) in [5.74, 6) is 0. The molecule has 2 aromatic rings. The summed E-state index contributed by atoms with van der Waals surface area (Å²) in [6.07, 6.45) is 0. The van der Waals surface area contributed by atoms with E-state index in [2.05, 4.69) is 15.9 Å². The highest BCUT2D eigenvalue weighted by Gasteiger charge is 2.28. The molecule has 0 amide bonds. The highest BCUT2D eigenvalue weighted by Crippen LogP contribution is 2.34. The van der Waals surface area contributed by atoms with Crippen molar-refractivity contribution in [1.29, 1.82) is 0 Å². The second-order valence-electron chi connectivity index (χ2n) is 3.78. The molecule has 2 rings (SSSR count). The van der Waals surface area contributed by atoms with E-state index in [1.54, 1.807) is 42.6 Å². The first-order valence-electron chi connectivity index (χ1n) is 5.58. The van der Waals surface area contributed by atoms with Gasteiger partial charge in [0.15, 0.2) is 4.21 Å². The third kappa shape index (κ3) is 2.63. The lowest BCUT2D eigenvalue weighted by atomic mass is 10.3. The van der Waals surface area contributed by atoms with Crippen LogP contribution in [0.3, 0.4) is 0 Å². The Morgan fingerprint density at radius 1 is 1.32 bits per heavy atom. The van der Waals surface area contributed by atoms with Crippen LogP contribution in [-0.4, -0.2) is 15.0 Å². The van der Waals surface area contributed by atoms with E-state index in [1.165, 1.54) is 15.6 Å². The van der Waals surface area contributed by atoms with Crippen LogP contribution in [-0.2, 0) is 10.0 Å². The molecule has 0 atom stereocenters. The largest absolute Gasteiger partial charge is 0.397 e. The van der Waals surface area contributed by atoms with Gasteiger partial charge in [-0.1, -0.05) is 12.1 Å². The Morgan fingerprint density at radius 3 is 2.53 bits per heavy atom. The zero-order valence-electron chi connectivity index (χ0n) is 10.2. The van der Waals surface area contributed by atoms with Crippen molar-refractivity contribution in [3.05, 3.63) is 40.2 Å². The van der Waals surface area contributed by atoms with Crippen molar-refractivity contribution in [1.82, 2.24) is 0 Å². The highest BCUT2D eigenvalue weighted by atomic mass is 79.9. The summed E-state index contributed by atoms with van der Waals surface area (Å²) in [5.41, 5.74) is 6.82. The minimum atomic E-state index is -3.59. The lowest BCUT2D eigenvalue weighted by molar-refractivity contribution is 0.593. The van der Waals surface area contributed by atoms with Gasteiger partial charge >= 0.3 is 0 Å². The number of nitrogens with zero attached hydrogens (tertiary/aromatic N) is 1. The maximum atomic E-state index is 12.6. The van der Waals surface area contributed by atoms with Crippen LogP contribution in [0.1, 0.15) is 6.92 Å². The molecule has 102 valence electrons. The Bertz CT molecular complexity index is 683. The molecule has 0 unspecified atom stereocenters. The molecule has 2 N–H and O–H groups in total. The summed E-state index contributed by atoms with van der Waals surface area (Å²) >= 11 is 4.45. The smallest absolute Gasteiger partial charge is 0.275 e. The molecular formula is C12H13BrN2O2S2. The number of thiophene rings is 1. The molecule has 4 nitrogen and oxygen atoms in total. The zero-order valence-corrected chi connectivity index (χ0v) is 13.4. The SMILES string of the molecule is CCN(c1ccccc1N)S(=O)(=O)c1sccc1Br. The van der Waals surface area contributed by atoms with Gasteiger partial charge < -0.3 is 5.73 Å². The first-order valence-corrected chi connectivity index (χ1v) is 8.70. The van der Waals surface area contributed by atoms with Crippen LogP contribution in [0.25, 0.3) is 0 Å². The minimum Gasteiger partial charge on any atom is -0.397 e. The standard InChI is InChI=1S/C12H13BrN2O2S2/c1-2-15(11-6-4-3-5-10(11)14)19(16,17)12-9(13)7-8-18-12/h3-8H,2,14H2,1H3. The van der Waals surface area contributed by atoms with Crippen LogP contribution in [0, 0.1) is 0 Å². The van der Waals surface area contributed by atoms with Gasteiger partial charge in [0.2, 0.25) is 0 Å². The Morgan fingerprint density at radius 2 is 2.00 bits per heavy atom. The fourth-order valence-electron chi connectivity index (χ4n) is 1.75. The van der Waals surface area contributed by atoms with Crippen molar-refractivity contribution in [3.8, 4) is 0 Å². The van der Waals surface area contributed by atoms with Gasteiger partial charge in [-0.3, -0.25) is 4.31 Å². The van der Waals surface area contributed by atoms with Gasteiger partial charge in [-0.15, -0.1) is 11.3 Å². The van der Waals surface area contributed by atoms with Gasteiger partial charge in [-0.2, -0.15) is 0 Å². The average molecular weight is 361 g/mol. The molecule has 7 heteroatoms. The molecule has 0 aliphatic rings. The van der Waals surface area contributed by atoms with Gasteiger partial charge in [0, 0.05) is 11.0 Å². The molecule has 0 saturated heterocycles. The number of rotatable bonds is 4. The number of hydrogen-bond donors (Lipinski definition) is 1. The number of sulfonamides is 1. The van der Waals surface area contributed by atoms with Gasteiger partial charge in [0.1, 0.15) is 0 Å². The third-order valence-corrected chi connectivity index (χ3v) is 7.14. The molecule has 0 bridgehead atoms. The van der Waals surface area contributed by atoms with E-state index in [0.717, 1.165) is 0 Å². The van der Waals surface area contributed by atoms with E-state index in [1.807, 2.05) is 0 Å². The Labute approximate surface area is 125 Å². The quantitative estimate of drug-likeness (QED) is 0.850. The Balaban J connectivity index is 2.55. The lowest BCUT2D eigenvalue weighted by Crippen LogP contribution is -2.31. The van der Waals surface area contributed by atoms with Gasteiger partial charge in [-0.25, -0.2) is 8.42 Å². The molecule has 0 radical (unpaired) electrons. The summed E-state index contributed by atoms with van der Waals surface area (Å²) < 4.78 is 27.5. The summed E-state index contributed by atoms with van der Waals surface area (Å²) in [4.78, 5) is 0. The van der Waals surface area contributed by atoms with Crippen molar-refractivity contribution < 1.29 is 8.42 Å². The van der Waals surface area contributed by atoms with Crippen molar-refractivity contribution >= 4 is 48.7 Å². The highest BCUT2D eigenvalue weighted by molar-refractivity contribution is 9.10. The minimum absolute atomic E-state index is 0.289. The van der Waals surface area contributed by atoms with E-state index < -0.39 is 10.0 Å². The van der Waals surface area contributed by atoms with E-state index in [4.69, 9.17) is 5.73 Å². The molecule has 1 aromatic carbocycles. The van der Waals surface area contributed by atoms with E-state index in [9.17, 15) is 8.42 Å². The number of hydrogen-bond acceptors (Lipinski definition) is 4. The molecule has 1 heterocycles. The molecule has 0 spiro atoms. The maximum absolute atomic E-state index is 12.6. The molecule has 1 aromatic heterocycles. The number of halogens is 1. The van der Waals surface area contributed by atoms with Crippen LogP contribution >= 0.6 is 27.3 Å². The van der Waals surface area contributed by atoms with Crippen LogP contribution in [0.5, 0.6) is 0 Å². The van der Waals surface area contributed by atoms with Crippen LogP contribution in [0.4, 0.5) is 11.4 Å². The molecule has 0 fully saturated rings. The number of anilines is 2. The maximum Gasteiger partial charge on any atom is 0.275 e. The second kappa shape index (κ2) is 5.52. The first kappa shape index (κ1) is 14.4. The second-order valence-corrected chi connectivity index (χ2v) is 7.61. The predicted molar refractivity (Wildman–Crippen MR) is 83.1 cm³/mol. The van der Waals surface area contributed by atoms with Gasteiger partial charge in [-0.05, 0) is 46.4 Å². The fraction of sp³-hybridized carbons (Fsp3) is 0.167. The molecule has 0 aliphatic heterocycles. The van der Waals surface area contributed by atoms with E-state index >= 15 is 0 Å². The van der Waals surface area contributed by atoms with E-state index in [-0.39, 0.29) is 4.21 Å². The number of nitrogen functional groups attached to an aromatic ring is 1. The van der Waals surface area contributed by atoms with Gasteiger partial charge in [0.25, 0.3) is 10.0 Å². The zero-order chi connectivity index (χ0) is 14.0. The molecule has 19 heavy (non-hydrogen) atoms. The van der Waals surface area contributed by atoms with Crippen molar-refractivity contribution in [2.24, 2.45) is 0 Å².